The largest absolute Gasteiger partial charge is 0.497 e. The fourth-order valence-electron chi connectivity index (χ4n) is 3.77. The van der Waals surface area contributed by atoms with Crippen LogP contribution in [0.4, 0.5) is 5.69 Å². The van der Waals surface area contributed by atoms with E-state index >= 15 is 0 Å². The molecular weight excluding hydrogens is 332 g/mol. The number of anilines is 1. The predicted molar refractivity (Wildman–Crippen MR) is 112 cm³/mol. The Bertz CT molecular complexity index is 870. The third-order valence-electron chi connectivity index (χ3n) is 5.29. The molecular formula is C24H26N2O. The number of piperazine rings is 1. The molecule has 3 aromatic carbocycles. The molecule has 0 N–H and O–H groups in total. The molecule has 1 saturated heterocycles. The van der Waals surface area contributed by atoms with E-state index in [1.54, 1.807) is 7.11 Å². The zero-order chi connectivity index (χ0) is 18.5. The van der Waals surface area contributed by atoms with Crippen LogP contribution in [0.1, 0.15) is 5.56 Å². The van der Waals surface area contributed by atoms with E-state index in [4.69, 9.17) is 4.74 Å². The van der Waals surface area contributed by atoms with Gasteiger partial charge in [0.2, 0.25) is 0 Å². The van der Waals surface area contributed by atoms with E-state index in [0.29, 0.717) is 0 Å². The number of para-hydroxylation sites is 1. The van der Waals surface area contributed by atoms with Gasteiger partial charge >= 0.3 is 0 Å². The molecule has 138 valence electrons. The summed E-state index contributed by atoms with van der Waals surface area (Å²) in [7, 11) is 1.72. The first kappa shape index (κ1) is 17.6. The molecule has 0 saturated carbocycles. The van der Waals surface area contributed by atoms with Crippen LogP contribution >= 0.6 is 0 Å². The van der Waals surface area contributed by atoms with Crippen molar-refractivity contribution < 1.29 is 4.74 Å². The van der Waals surface area contributed by atoms with Gasteiger partial charge in [-0.1, -0.05) is 54.6 Å². The Kier molecular flexibility index (Phi) is 5.40. The summed E-state index contributed by atoms with van der Waals surface area (Å²) in [4.78, 5) is 5.03. The molecule has 27 heavy (non-hydrogen) atoms. The average Bonchev–Trinajstić information content (AvgIpc) is 2.75. The van der Waals surface area contributed by atoms with Crippen molar-refractivity contribution in [2.75, 3.05) is 38.2 Å². The summed E-state index contributed by atoms with van der Waals surface area (Å²) in [5.41, 5.74) is 5.21. The molecule has 0 aliphatic carbocycles. The van der Waals surface area contributed by atoms with Crippen molar-refractivity contribution in [3.05, 3.63) is 84.4 Å². The summed E-state index contributed by atoms with van der Waals surface area (Å²) in [5.74, 6) is 0.902. The standard InChI is InChI=1S/C24H26N2O/c1-27-23-12-7-9-20(18-23)24-13-6-5-8-21(24)19-25-14-16-26(17-15-25)22-10-3-2-4-11-22/h2-13,18H,14-17,19H2,1H3. The Balaban J connectivity index is 1.46. The van der Waals surface area contributed by atoms with Gasteiger partial charge in [-0.2, -0.15) is 0 Å². The highest BCUT2D eigenvalue weighted by Gasteiger charge is 2.18. The molecule has 3 aromatic rings. The maximum atomic E-state index is 5.40. The van der Waals surface area contributed by atoms with Crippen molar-refractivity contribution in [1.29, 1.82) is 0 Å². The molecule has 0 atom stereocenters. The maximum Gasteiger partial charge on any atom is 0.119 e. The molecule has 0 amide bonds. The second-order valence-corrected chi connectivity index (χ2v) is 6.99. The lowest BCUT2D eigenvalue weighted by atomic mass is 9.99. The first-order valence-electron chi connectivity index (χ1n) is 9.58. The Morgan fingerprint density at radius 2 is 1.52 bits per heavy atom. The summed E-state index contributed by atoms with van der Waals surface area (Å²) in [5, 5.41) is 0. The Morgan fingerprint density at radius 3 is 2.30 bits per heavy atom. The average molecular weight is 358 g/mol. The molecule has 3 nitrogen and oxygen atoms in total. The van der Waals surface area contributed by atoms with Crippen molar-refractivity contribution >= 4 is 5.69 Å². The van der Waals surface area contributed by atoms with Gasteiger partial charge in [0.15, 0.2) is 0 Å². The molecule has 3 heteroatoms. The van der Waals surface area contributed by atoms with Crippen LogP contribution in [-0.2, 0) is 6.54 Å². The van der Waals surface area contributed by atoms with Gasteiger partial charge in [-0.25, -0.2) is 0 Å². The molecule has 1 heterocycles. The number of hydrogen-bond acceptors (Lipinski definition) is 3. The van der Waals surface area contributed by atoms with Gasteiger partial charge in [0, 0.05) is 38.4 Å². The number of ether oxygens (including phenoxy) is 1. The SMILES string of the molecule is COc1cccc(-c2ccccc2CN2CCN(c3ccccc3)CC2)c1. The molecule has 1 aliphatic rings. The van der Waals surface area contributed by atoms with E-state index in [9.17, 15) is 0 Å². The van der Waals surface area contributed by atoms with Crippen LogP contribution in [0, 0.1) is 0 Å². The lowest BCUT2D eigenvalue weighted by molar-refractivity contribution is 0.250. The first-order chi connectivity index (χ1) is 13.3. The number of hydrogen-bond donors (Lipinski definition) is 0. The molecule has 0 spiro atoms. The van der Waals surface area contributed by atoms with Crippen LogP contribution in [0.5, 0.6) is 5.75 Å². The maximum absolute atomic E-state index is 5.40. The molecule has 0 unspecified atom stereocenters. The van der Waals surface area contributed by atoms with Crippen molar-refractivity contribution in [3.63, 3.8) is 0 Å². The first-order valence-corrected chi connectivity index (χ1v) is 9.58. The number of nitrogens with zero attached hydrogens (tertiary/aromatic N) is 2. The van der Waals surface area contributed by atoms with Crippen LogP contribution in [-0.4, -0.2) is 38.2 Å². The Morgan fingerprint density at radius 1 is 0.778 bits per heavy atom. The van der Waals surface area contributed by atoms with Crippen LogP contribution in [0.25, 0.3) is 11.1 Å². The predicted octanol–water partition coefficient (Wildman–Crippen LogP) is 4.68. The van der Waals surface area contributed by atoms with Crippen LogP contribution in [0.3, 0.4) is 0 Å². The third kappa shape index (κ3) is 4.15. The van der Waals surface area contributed by atoms with Crippen LogP contribution in [0.15, 0.2) is 78.9 Å². The molecule has 0 radical (unpaired) electrons. The summed E-state index contributed by atoms with van der Waals surface area (Å²) in [6, 6.07) is 27.8. The number of benzene rings is 3. The molecule has 4 rings (SSSR count). The molecule has 1 aliphatic heterocycles. The van der Waals surface area contributed by atoms with Gasteiger partial charge in [-0.3, -0.25) is 4.90 Å². The minimum Gasteiger partial charge on any atom is -0.497 e. The second kappa shape index (κ2) is 8.28. The minimum atomic E-state index is 0.902. The third-order valence-corrected chi connectivity index (χ3v) is 5.29. The van der Waals surface area contributed by atoms with Gasteiger partial charge in [0.05, 0.1) is 7.11 Å². The highest BCUT2D eigenvalue weighted by Crippen LogP contribution is 2.28. The fourth-order valence-corrected chi connectivity index (χ4v) is 3.77. The van der Waals surface area contributed by atoms with E-state index in [2.05, 4.69) is 82.6 Å². The molecule has 1 fully saturated rings. The number of rotatable bonds is 5. The topological polar surface area (TPSA) is 15.7 Å². The second-order valence-electron chi connectivity index (χ2n) is 6.99. The Labute approximate surface area is 161 Å². The van der Waals surface area contributed by atoms with E-state index in [0.717, 1.165) is 38.5 Å². The van der Waals surface area contributed by atoms with Crippen LogP contribution < -0.4 is 9.64 Å². The van der Waals surface area contributed by atoms with E-state index in [1.807, 2.05) is 6.07 Å². The van der Waals surface area contributed by atoms with E-state index < -0.39 is 0 Å². The van der Waals surface area contributed by atoms with E-state index in [1.165, 1.54) is 22.4 Å². The minimum absolute atomic E-state index is 0.902. The molecule has 0 bridgehead atoms. The summed E-state index contributed by atoms with van der Waals surface area (Å²) in [6.45, 7) is 5.30. The fraction of sp³-hybridized carbons (Fsp3) is 0.250. The monoisotopic (exact) mass is 358 g/mol. The van der Waals surface area contributed by atoms with Gasteiger partial charge in [-0.05, 0) is 41.0 Å². The van der Waals surface area contributed by atoms with Gasteiger partial charge in [-0.15, -0.1) is 0 Å². The van der Waals surface area contributed by atoms with Crippen molar-refractivity contribution in [3.8, 4) is 16.9 Å². The Hall–Kier alpha value is -2.78. The van der Waals surface area contributed by atoms with Crippen molar-refractivity contribution in [2.45, 2.75) is 6.54 Å². The summed E-state index contributed by atoms with van der Waals surface area (Å²) >= 11 is 0. The van der Waals surface area contributed by atoms with E-state index in [-0.39, 0.29) is 0 Å². The van der Waals surface area contributed by atoms with Crippen molar-refractivity contribution in [1.82, 2.24) is 4.90 Å². The van der Waals surface area contributed by atoms with Crippen molar-refractivity contribution in [2.24, 2.45) is 0 Å². The smallest absolute Gasteiger partial charge is 0.119 e. The number of methoxy groups -OCH3 is 1. The van der Waals surface area contributed by atoms with Gasteiger partial charge < -0.3 is 9.64 Å². The highest BCUT2D eigenvalue weighted by atomic mass is 16.5. The highest BCUT2D eigenvalue weighted by molar-refractivity contribution is 5.68. The molecule has 0 aromatic heterocycles. The lowest BCUT2D eigenvalue weighted by Gasteiger charge is -2.36. The van der Waals surface area contributed by atoms with Gasteiger partial charge in [0.1, 0.15) is 5.75 Å². The lowest BCUT2D eigenvalue weighted by Crippen LogP contribution is -2.46. The normalized spacial score (nSPS) is 14.9. The quantitative estimate of drug-likeness (QED) is 0.658. The van der Waals surface area contributed by atoms with Crippen LogP contribution in [0.2, 0.25) is 0 Å². The summed E-state index contributed by atoms with van der Waals surface area (Å²) < 4.78 is 5.40. The van der Waals surface area contributed by atoms with Gasteiger partial charge in [0.25, 0.3) is 0 Å². The summed E-state index contributed by atoms with van der Waals surface area (Å²) in [6.07, 6.45) is 0. The zero-order valence-electron chi connectivity index (χ0n) is 15.8. The zero-order valence-corrected chi connectivity index (χ0v) is 15.8.